The Balaban J connectivity index is 0.00000167. The fraction of sp³-hybridized carbons (Fsp3) is 0.480. The normalized spacial score (nSPS) is 17.7. The molecule has 0 radical (unpaired) electrons. The Hall–Kier alpha value is -2.56. The van der Waals surface area contributed by atoms with Crippen molar-refractivity contribution < 1.29 is 22.5 Å². The zero-order valence-electron chi connectivity index (χ0n) is 20.5. The van der Waals surface area contributed by atoms with Gasteiger partial charge in [0.05, 0.1) is 5.69 Å². The van der Waals surface area contributed by atoms with Gasteiger partial charge in [0.15, 0.2) is 11.2 Å². The second-order valence-corrected chi connectivity index (χ2v) is 10.1. The van der Waals surface area contributed by atoms with Gasteiger partial charge in [-0.15, -0.1) is 0 Å². The third-order valence-corrected chi connectivity index (χ3v) is 7.13. The number of urea groups is 1. The summed E-state index contributed by atoms with van der Waals surface area (Å²) in [5.74, 6) is 0.0851. The maximum absolute atomic E-state index is 13.5. The first-order chi connectivity index (χ1) is 16.7. The zero-order valence-corrected chi connectivity index (χ0v) is 21.4. The van der Waals surface area contributed by atoms with Gasteiger partial charge in [0.1, 0.15) is 5.75 Å². The molecule has 2 amide bonds. The number of ether oxygens (including phenoxy) is 1. The highest BCUT2D eigenvalue weighted by Crippen LogP contribution is 2.51. The number of hydrogen-bond acceptors (Lipinski definition) is 3. The van der Waals surface area contributed by atoms with Crippen LogP contribution in [0.2, 0.25) is 0 Å². The number of nitrogens with zero attached hydrogens (tertiary/aromatic N) is 2. The van der Waals surface area contributed by atoms with Crippen molar-refractivity contribution in [2.45, 2.75) is 59.1 Å². The number of amides is 2. The van der Waals surface area contributed by atoms with Crippen molar-refractivity contribution in [3.8, 4) is 5.75 Å². The van der Waals surface area contributed by atoms with Gasteiger partial charge in [-0.3, -0.25) is 4.90 Å². The van der Waals surface area contributed by atoms with Gasteiger partial charge >= 0.3 is 12.6 Å². The van der Waals surface area contributed by atoms with E-state index in [9.17, 15) is 17.8 Å². The van der Waals surface area contributed by atoms with Crippen LogP contribution >= 0.6 is 0 Å². The molecular formula is C25H34F2N4O3S. The molecule has 2 fully saturated rings. The predicted molar refractivity (Wildman–Crippen MR) is 136 cm³/mol. The number of anilines is 2. The molecule has 1 atom stereocenters. The highest BCUT2D eigenvalue weighted by molar-refractivity contribution is 7.80. The molecule has 1 aliphatic carbocycles. The van der Waals surface area contributed by atoms with Crippen molar-refractivity contribution in [2.24, 2.45) is 10.6 Å². The van der Waals surface area contributed by atoms with Crippen molar-refractivity contribution in [3.05, 3.63) is 54.1 Å². The van der Waals surface area contributed by atoms with Crippen LogP contribution in [0.5, 0.6) is 5.75 Å². The molecule has 2 aliphatic rings. The van der Waals surface area contributed by atoms with E-state index in [4.69, 9.17) is 5.14 Å². The molecule has 192 valence electrons. The summed E-state index contributed by atoms with van der Waals surface area (Å²) in [5, 5.41) is 8.25. The predicted octanol–water partition coefficient (Wildman–Crippen LogP) is 5.48. The molecule has 1 saturated heterocycles. The molecule has 2 aromatic carbocycles. The van der Waals surface area contributed by atoms with Crippen LogP contribution in [0, 0.1) is 5.41 Å². The summed E-state index contributed by atoms with van der Waals surface area (Å²) in [7, 11) is 0. The Morgan fingerprint density at radius 3 is 2.34 bits per heavy atom. The fourth-order valence-corrected chi connectivity index (χ4v) is 5.62. The number of rotatable bonds is 7. The molecule has 1 aliphatic heterocycles. The van der Waals surface area contributed by atoms with E-state index in [0.717, 1.165) is 24.1 Å². The van der Waals surface area contributed by atoms with E-state index in [2.05, 4.69) is 23.9 Å². The van der Waals surface area contributed by atoms with E-state index >= 15 is 0 Å². The molecule has 1 unspecified atom stereocenters. The Bertz CT molecular complexity index is 1040. The minimum absolute atomic E-state index is 0.00168. The molecule has 3 N–H and O–H groups in total. The summed E-state index contributed by atoms with van der Waals surface area (Å²) >= 11 is -1.48. The van der Waals surface area contributed by atoms with E-state index in [-0.39, 0.29) is 28.8 Å². The summed E-state index contributed by atoms with van der Waals surface area (Å²) in [6.07, 6.45) is 1.49. The van der Waals surface area contributed by atoms with Crippen molar-refractivity contribution in [3.63, 3.8) is 0 Å². The molecule has 1 saturated carbocycles. The maximum atomic E-state index is 13.5. The van der Waals surface area contributed by atoms with Crippen LogP contribution in [0.1, 0.15) is 52.0 Å². The van der Waals surface area contributed by atoms with Crippen molar-refractivity contribution in [2.75, 3.05) is 23.3 Å². The molecule has 0 aromatic heterocycles. The van der Waals surface area contributed by atoms with Gasteiger partial charge in [0, 0.05) is 30.2 Å². The van der Waals surface area contributed by atoms with Crippen molar-refractivity contribution in [1.82, 2.24) is 4.31 Å². The smallest absolute Gasteiger partial charge is 0.387 e. The van der Waals surface area contributed by atoms with Gasteiger partial charge in [0.25, 0.3) is 0 Å². The number of hydrogen-bond donors (Lipinski definition) is 2. The summed E-state index contributed by atoms with van der Waals surface area (Å²) in [5.41, 5.74) is 1.98. The summed E-state index contributed by atoms with van der Waals surface area (Å²) in [4.78, 5) is 15.3. The third-order valence-electron chi connectivity index (χ3n) is 6.36. The molecule has 35 heavy (non-hydrogen) atoms. The molecule has 7 nitrogen and oxygen atoms in total. The van der Waals surface area contributed by atoms with E-state index in [0.29, 0.717) is 13.1 Å². The van der Waals surface area contributed by atoms with Crippen LogP contribution in [0.15, 0.2) is 48.5 Å². The number of para-hydroxylation sites is 3. The van der Waals surface area contributed by atoms with Crippen LogP contribution < -0.4 is 20.1 Å². The van der Waals surface area contributed by atoms with Crippen LogP contribution in [0.4, 0.5) is 25.0 Å². The number of carbonyl (C=O) groups is 1. The topological polar surface area (TPSA) is 87.9 Å². The molecule has 2 aromatic rings. The number of nitrogens with one attached hydrogen (secondary N) is 1. The standard InChI is InChI=1S/C23H28F2N4O3S.C2H6/c1-15(2)17-7-3-5-9-19(17)29(16-11-23(12-16)13-28(14-23)33(26)31)22(30)27-18-8-4-6-10-20(18)32-21(24)25;1-2/h3-10,15-16,21H,11-14,26H2,1-2H3,(H,27,30);1-2H3. The largest absolute Gasteiger partial charge is 0.433 e. The van der Waals surface area contributed by atoms with Gasteiger partial charge < -0.3 is 10.1 Å². The molecular weight excluding hydrogens is 474 g/mol. The third kappa shape index (κ3) is 5.99. The minimum atomic E-state index is -3.00. The second-order valence-electron chi connectivity index (χ2n) is 9.02. The number of benzene rings is 2. The van der Waals surface area contributed by atoms with Crippen LogP contribution in [0.25, 0.3) is 0 Å². The van der Waals surface area contributed by atoms with Gasteiger partial charge in [0.2, 0.25) is 0 Å². The van der Waals surface area contributed by atoms with E-state index in [1.54, 1.807) is 21.3 Å². The van der Waals surface area contributed by atoms with Crippen molar-refractivity contribution >= 4 is 28.6 Å². The monoisotopic (exact) mass is 508 g/mol. The highest BCUT2D eigenvalue weighted by atomic mass is 32.2. The van der Waals surface area contributed by atoms with Crippen LogP contribution in [-0.4, -0.2) is 40.3 Å². The first-order valence-corrected chi connectivity index (χ1v) is 13.0. The lowest BCUT2D eigenvalue weighted by molar-refractivity contribution is -0.0493. The quantitative estimate of drug-likeness (QED) is 0.519. The molecule has 4 rings (SSSR count). The Labute approximate surface area is 208 Å². The van der Waals surface area contributed by atoms with Gasteiger partial charge in [-0.25, -0.2) is 18.4 Å². The molecule has 1 heterocycles. The zero-order chi connectivity index (χ0) is 25.8. The number of nitrogens with two attached hydrogens (primary N) is 1. The second kappa shape index (κ2) is 11.5. The van der Waals surface area contributed by atoms with Crippen LogP contribution in [-0.2, 0) is 11.2 Å². The Morgan fingerprint density at radius 1 is 1.14 bits per heavy atom. The number of alkyl halides is 2. The van der Waals surface area contributed by atoms with E-state index in [1.165, 1.54) is 12.1 Å². The maximum Gasteiger partial charge on any atom is 0.387 e. The Morgan fingerprint density at radius 2 is 1.74 bits per heavy atom. The number of carbonyl (C=O) groups excluding carboxylic acids is 1. The van der Waals surface area contributed by atoms with Crippen LogP contribution in [0.3, 0.4) is 0 Å². The summed E-state index contributed by atoms with van der Waals surface area (Å²) < 4.78 is 43.5. The first-order valence-electron chi connectivity index (χ1n) is 11.8. The Kier molecular flexibility index (Phi) is 8.84. The fourth-order valence-electron chi connectivity index (χ4n) is 4.82. The van der Waals surface area contributed by atoms with Crippen molar-refractivity contribution in [1.29, 1.82) is 0 Å². The SMILES string of the molecule is CC.CC(C)c1ccccc1N(C(=O)Nc1ccccc1OC(F)F)C1CC2(C1)CN(S(N)=O)C2. The van der Waals surface area contributed by atoms with Gasteiger partial charge in [-0.2, -0.15) is 8.78 Å². The minimum Gasteiger partial charge on any atom is -0.433 e. The van der Waals surface area contributed by atoms with Gasteiger partial charge in [-0.05, 0) is 42.5 Å². The molecule has 1 spiro atoms. The lowest BCUT2D eigenvalue weighted by atomic mass is 9.61. The molecule has 10 heteroatoms. The van der Waals surface area contributed by atoms with Gasteiger partial charge in [-0.1, -0.05) is 58.0 Å². The average Bonchev–Trinajstić information content (AvgIpc) is 2.76. The summed E-state index contributed by atoms with van der Waals surface area (Å²) in [6.45, 7) is 6.40. The average molecular weight is 509 g/mol. The molecule has 0 bridgehead atoms. The lowest BCUT2D eigenvalue weighted by Gasteiger charge is -2.59. The lowest BCUT2D eigenvalue weighted by Crippen LogP contribution is -2.68. The van der Waals surface area contributed by atoms with E-state index in [1.807, 2.05) is 38.1 Å². The first kappa shape index (κ1) is 27.0. The number of halogens is 2. The highest BCUT2D eigenvalue weighted by Gasteiger charge is 2.56. The van der Waals surface area contributed by atoms with E-state index < -0.39 is 23.8 Å². The summed E-state index contributed by atoms with van der Waals surface area (Å²) in [6, 6.07) is 13.4.